The van der Waals surface area contributed by atoms with E-state index in [-0.39, 0.29) is 23.5 Å². The smallest absolute Gasteiger partial charge is 0.387 e. The number of nitrogens with zero attached hydrogens (tertiary/aromatic N) is 3. The second kappa shape index (κ2) is 14.0. The molecule has 0 radical (unpaired) electrons. The van der Waals surface area contributed by atoms with Gasteiger partial charge in [-0.2, -0.15) is 13.2 Å². The third-order valence-corrected chi connectivity index (χ3v) is 9.47. The number of carbonyl (C=O) groups is 1. The lowest BCUT2D eigenvalue weighted by Crippen LogP contribution is -2.32. The van der Waals surface area contributed by atoms with Crippen LogP contribution in [0.4, 0.5) is 13.2 Å². The van der Waals surface area contributed by atoms with Crippen molar-refractivity contribution in [3.8, 4) is 39.5 Å². The van der Waals surface area contributed by atoms with Crippen molar-refractivity contribution in [2.24, 2.45) is 0 Å². The average Bonchev–Trinajstić information content (AvgIpc) is 3.87. The lowest BCUT2D eigenvalue weighted by molar-refractivity contribution is -0.147. The van der Waals surface area contributed by atoms with Crippen molar-refractivity contribution in [3.63, 3.8) is 0 Å². The van der Waals surface area contributed by atoms with Gasteiger partial charge >= 0.3 is 12.6 Å². The quantitative estimate of drug-likeness (QED) is 0.118. The molecule has 11 heteroatoms. The van der Waals surface area contributed by atoms with Crippen LogP contribution in [-0.4, -0.2) is 53.1 Å². The first-order valence-electron chi connectivity index (χ1n) is 16.6. The maximum Gasteiger partial charge on any atom is 0.387 e. The zero-order valence-electron chi connectivity index (χ0n) is 27.4. The van der Waals surface area contributed by atoms with Crippen molar-refractivity contribution in [2.45, 2.75) is 65.3 Å². The van der Waals surface area contributed by atoms with Crippen molar-refractivity contribution in [1.82, 2.24) is 20.2 Å². The third-order valence-electron chi connectivity index (χ3n) is 9.47. The molecule has 254 valence electrons. The molecular weight excluding hydrogens is 633 g/mol. The first-order chi connectivity index (χ1) is 23.7. The maximum absolute atomic E-state index is 15.4. The molecule has 2 aromatic heterocycles. The van der Waals surface area contributed by atoms with E-state index in [9.17, 15) is 13.6 Å². The molecule has 2 aliphatic heterocycles. The molecule has 0 saturated carbocycles. The van der Waals surface area contributed by atoms with E-state index in [1.807, 2.05) is 62.4 Å². The maximum atomic E-state index is 15.4. The number of hydrogen-bond donors (Lipinski definition) is 1. The van der Waals surface area contributed by atoms with E-state index in [1.54, 1.807) is 6.07 Å². The minimum Gasteiger partial charge on any atom is -0.460 e. The molecule has 7 rings (SSSR count). The zero-order valence-corrected chi connectivity index (χ0v) is 27.4. The second-order valence-corrected chi connectivity index (χ2v) is 12.7. The van der Waals surface area contributed by atoms with Crippen LogP contribution in [-0.2, 0) is 22.7 Å². The number of hydrogen-bond acceptors (Lipinski definition) is 8. The molecule has 2 saturated heterocycles. The van der Waals surface area contributed by atoms with Crippen LogP contribution in [0, 0.1) is 19.8 Å². The van der Waals surface area contributed by atoms with Gasteiger partial charge in [0.1, 0.15) is 23.9 Å². The Bertz CT molecular complexity index is 2000. The highest BCUT2D eigenvalue weighted by Crippen LogP contribution is 2.38. The molecule has 8 nitrogen and oxygen atoms in total. The normalized spacial score (nSPS) is 16.6. The summed E-state index contributed by atoms with van der Waals surface area (Å²) in [5.74, 6) is -0.796. The number of pyridine rings is 1. The molecule has 0 unspecified atom stereocenters. The molecule has 1 atom stereocenters. The standard InChI is InChI=1S/C38H37F3N4O4/c1-22-26(8-5-10-28(22)30-14-13-25(43-35(30)39)20-45-16-3-4-17-45)27-9-6-11-29(23(27)2)36-44-32-18-24(21-47-37(46)31-12-7-15-42-31)33(49-38(40)41)19-34(32)48-36/h5-6,8-11,13-14,18-19,31,38,42H,3-4,7,12,15-17,20-21H2,1-2H3/t31-/m0/s1. The summed E-state index contributed by atoms with van der Waals surface area (Å²) in [7, 11) is 0. The summed E-state index contributed by atoms with van der Waals surface area (Å²) in [4.78, 5) is 23.8. The Hall–Kier alpha value is -4.74. The van der Waals surface area contributed by atoms with Crippen molar-refractivity contribution >= 4 is 17.1 Å². The highest BCUT2D eigenvalue weighted by atomic mass is 19.3. The summed E-state index contributed by atoms with van der Waals surface area (Å²) in [6.07, 6.45) is 3.85. The summed E-state index contributed by atoms with van der Waals surface area (Å²) in [5.41, 5.74) is 7.13. The molecule has 49 heavy (non-hydrogen) atoms. The number of rotatable bonds is 10. The van der Waals surface area contributed by atoms with Gasteiger partial charge in [-0.25, -0.2) is 9.97 Å². The summed E-state index contributed by atoms with van der Waals surface area (Å²) >= 11 is 0. The van der Waals surface area contributed by atoms with E-state index >= 15 is 4.39 Å². The Morgan fingerprint density at radius 1 is 0.939 bits per heavy atom. The molecule has 0 aliphatic carbocycles. The highest BCUT2D eigenvalue weighted by molar-refractivity contribution is 5.85. The van der Waals surface area contributed by atoms with Gasteiger partial charge < -0.3 is 19.2 Å². The highest BCUT2D eigenvalue weighted by Gasteiger charge is 2.25. The number of fused-ring (bicyclic) bond motifs is 1. The van der Waals surface area contributed by atoms with Crippen LogP contribution >= 0.6 is 0 Å². The van der Waals surface area contributed by atoms with Gasteiger partial charge in [0.15, 0.2) is 5.58 Å². The number of nitrogens with one attached hydrogen (secondary N) is 1. The van der Waals surface area contributed by atoms with E-state index in [0.29, 0.717) is 35.5 Å². The van der Waals surface area contributed by atoms with Crippen LogP contribution in [0.25, 0.3) is 44.8 Å². The SMILES string of the molecule is Cc1c(-c2nc3cc(COC(=O)[C@@H]4CCCN4)c(OC(F)F)cc3o2)cccc1-c1cccc(-c2ccc(CN3CCCC3)nc2F)c1C. The Morgan fingerprint density at radius 3 is 2.31 bits per heavy atom. The molecule has 2 aliphatic rings. The van der Waals surface area contributed by atoms with Crippen LogP contribution in [0.3, 0.4) is 0 Å². The van der Waals surface area contributed by atoms with E-state index < -0.39 is 24.6 Å². The van der Waals surface area contributed by atoms with Crippen molar-refractivity contribution < 1.29 is 31.9 Å². The summed E-state index contributed by atoms with van der Waals surface area (Å²) in [6.45, 7) is 3.98. The molecule has 0 bridgehead atoms. The van der Waals surface area contributed by atoms with Crippen LogP contribution in [0.15, 0.2) is 65.1 Å². The van der Waals surface area contributed by atoms with Gasteiger partial charge in [-0.05, 0) is 111 Å². The molecule has 0 spiro atoms. The fourth-order valence-corrected chi connectivity index (χ4v) is 6.88. The molecule has 0 amide bonds. The molecule has 3 aromatic carbocycles. The number of likely N-dealkylation sites (tertiary alicyclic amines) is 1. The number of alkyl halides is 2. The minimum atomic E-state index is -3.08. The Kier molecular flexibility index (Phi) is 9.38. The predicted octanol–water partition coefficient (Wildman–Crippen LogP) is 7.97. The number of ether oxygens (including phenoxy) is 2. The van der Waals surface area contributed by atoms with Gasteiger partial charge in [-0.3, -0.25) is 9.69 Å². The monoisotopic (exact) mass is 670 g/mol. The number of aromatic nitrogens is 2. The Labute approximate surface area is 282 Å². The summed E-state index contributed by atoms with van der Waals surface area (Å²) < 4.78 is 58.4. The molecule has 1 N–H and O–H groups in total. The molecular formula is C38H37F3N4O4. The van der Waals surface area contributed by atoms with Gasteiger partial charge in [0.2, 0.25) is 11.8 Å². The van der Waals surface area contributed by atoms with E-state index in [2.05, 4.69) is 20.2 Å². The van der Waals surface area contributed by atoms with Gasteiger partial charge in [0.05, 0.1) is 5.69 Å². The third kappa shape index (κ3) is 6.91. The number of oxazole rings is 1. The van der Waals surface area contributed by atoms with Crippen molar-refractivity contribution in [3.05, 3.63) is 89.0 Å². The van der Waals surface area contributed by atoms with E-state index in [4.69, 9.17) is 13.9 Å². The Balaban J connectivity index is 1.19. The fourth-order valence-electron chi connectivity index (χ4n) is 6.88. The molecule has 5 aromatic rings. The lowest BCUT2D eigenvalue weighted by atomic mass is 9.89. The topological polar surface area (TPSA) is 89.7 Å². The van der Waals surface area contributed by atoms with Crippen molar-refractivity contribution in [2.75, 3.05) is 19.6 Å². The number of esters is 1. The van der Waals surface area contributed by atoms with Crippen LogP contribution < -0.4 is 10.1 Å². The zero-order chi connectivity index (χ0) is 34.1. The number of carbonyl (C=O) groups excluding carboxylic acids is 1. The van der Waals surface area contributed by atoms with Crippen LogP contribution in [0.5, 0.6) is 5.75 Å². The first kappa shape index (κ1) is 32.8. The van der Waals surface area contributed by atoms with Gasteiger partial charge in [0, 0.05) is 29.3 Å². The first-order valence-corrected chi connectivity index (χ1v) is 16.6. The second-order valence-electron chi connectivity index (χ2n) is 12.7. The van der Waals surface area contributed by atoms with Gasteiger partial charge in [-0.15, -0.1) is 0 Å². The van der Waals surface area contributed by atoms with E-state index in [0.717, 1.165) is 72.4 Å². The van der Waals surface area contributed by atoms with Gasteiger partial charge in [-0.1, -0.05) is 30.3 Å². The summed E-state index contributed by atoms with van der Waals surface area (Å²) in [6, 6.07) is 17.7. The lowest BCUT2D eigenvalue weighted by Gasteiger charge is -2.17. The van der Waals surface area contributed by atoms with Crippen LogP contribution in [0.1, 0.15) is 48.1 Å². The minimum absolute atomic E-state index is 0.152. The molecule has 4 heterocycles. The summed E-state index contributed by atoms with van der Waals surface area (Å²) in [5, 5.41) is 3.07. The van der Waals surface area contributed by atoms with Gasteiger partial charge in [0.25, 0.3) is 0 Å². The largest absolute Gasteiger partial charge is 0.460 e. The number of benzene rings is 3. The number of halogens is 3. The van der Waals surface area contributed by atoms with Crippen molar-refractivity contribution in [1.29, 1.82) is 0 Å². The van der Waals surface area contributed by atoms with E-state index in [1.165, 1.54) is 6.07 Å². The average molecular weight is 671 g/mol. The molecule has 2 fully saturated rings. The van der Waals surface area contributed by atoms with Crippen LogP contribution in [0.2, 0.25) is 0 Å². The fraction of sp³-hybridized carbons (Fsp3) is 0.342. The Morgan fingerprint density at radius 2 is 1.63 bits per heavy atom. The predicted molar refractivity (Wildman–Crippen MR) is 180 cm³/mol.